The van der Waals surface area contributed by atoms with E-state index in [0.29, 0.717) is 11.9 Å². The number of H-pyrrole nitrogens is 1. The summed E-state index contributed by atoms with van der Waals surface area (Å²) in [5, 5.41) is 0. The van der Waals surface area contributed by atoms with Crippen molar-refractivity contribution in [2.45, 2.75) is 52.7 Å². The molecular weight excluding hydrogens is 310 g/mol. The smallest absolute Gasteiger partial charge is 0.329 e. The van der Waals surface area contributed by atoms with Gasteiger partial charge in [0.15, 0.2) is 5.65 Å². The minimum atomic E-state index is -0.906. The number of aromatic nitrogens is 3. The molecule has 0 bridgehead atoms. The molecule has 0 aliphatic heterocycles. The predicted octanol–water partition coefficient (Wildman–Crippen LogP) is 2.01. The maximum absolute atomic E-state index is 12.7. The molecular formula is C17H23N3O4. The molecule has 0 aliphatic rings. The van der Waals surface area contributed by atoms with Gasteiger partial charge in [0.1, 0.15) is 11.6 Å². The van der Waals surface area contributed by atoms with Gasteiger partial charge in [-0.2, -0.15) is 0 Å². The van der Waals surface area contributed by atoms with E-state index in [1.165, 1.54) is 6.20 Å². The van der Waals surface area contributed by atoms with Gasteiger partial charge in [-0.1, -0.05) is 13.8 Å². The number of hydrogen-bond acceptors (Lipinski definition) is 5. The second kappa shape index (κ2) is 6.59. The van der Waals surface area contributed by atoms with Gasteiger partial charge in [-0.25, -0.2) is 9.78 Å². The van der Waals surface area contributed by atoms with E-state index < -0.39 is 28.7 Å². The third kappa shape index (κ3) is 3.90. The van der Waals surface area contributed by atoms with Crippen LogP contribution in [0.15, 0.2) is 27.9 Å². The molecule has 130 valence electrons. The van der Waals surface area contributed by atoms with E-state index in [1.807, 2.05) is 13.8 Å². The van der Waals surface area contributed by atoms with Gasteiger partial charge >= 0.3 is 17.1 Å². The Balaban J connectivity index is 2.68. The molecule has 0 saturated carbocycles. The highest BCUT2D eigenvalue weighted by Crippen LogP contribution is 2.23. The summed E-state index contributed by atoms with van der Waals surface area (Å²) in [7, 11) is 0. The minimum Gasteiger partial charge on any atom is -0.458 e. The number of aromatic amines is 1. The Hall–Kier alpha value is -2.44. The molecule has 24 heavy (non-hydrogen) atoms. The number of nitrogens with zero attached hydrogens (tertiary/aromatic N) is 2. The molecule has 2 aromatic rings. The van der Waals surface area contributed by atoms with Crippen LogP contribution in [0, 0.1) is 5.92 Å². The van der Waals surface area contributed by atoms with E-state index in [1.54, 1.807) is 32.9 Å². The number of ether oxygens (including phenoxy) is 1. The predicted molar refractivity (Wildman–Crippen MR) is 91.0 cm³/mol. The highest BCUT2D eigenvalue weighted by molar-refractivity contribution is 5.78. The van der Waals surface area contributed by atoms with Crippen LogP contribution in [0.3, 0.4) is 0 Å². The Bertz CT molecular complexity index is 858. The molecule has 0 radical (unpaired) electrons. The molecule has 2 aromatic heterocycles. The average molecular weight is 333 g/mol. The van der Waals surface area contributed by atoms with Crippen molar-refractivity contribution in [1.29, 1.82) is 0 Å². The van der Waals surface area contributed by atoms with Crippen LogP contribution in [-0.4, -0.2) is 26.1 Å². The molecule has 0 saturated heterocycles. The second-order valence-corrected chi connectivity index (χ2v) is 7.18. The molecule has 0 aromatic carbocycles. The van der Waals surface area contributed by atoms with Crippen LogP contribution in [0.5, 0.6) is 0 Å². The lowest BCUT2D eigenvalue weighted by Crippen LogP contribution is -2.42. The molecule has 7 heteroatoms. The number of nitrogens with one attached hydrogen (secondary N) is 1. The summed E-state index contributed by atoms with van der Waals surface area (Å²) in [6.45, 7) is 9.15. The summed E-state index contributed by atoms with van der Waals surface area (Å²) in [6.07, 6.45) is 1.88. The van der Waals surface area contributed by atoms with Gasteiger partial charge in [-0.05, 0) is 45.2 Å². The molecule has 0 amide bonds. The van der Waals surface area contributed by atoms with Crippen LogP contribution < -0.4 is 11.1 Å². The standard InChI is InChI=1S/C17H23N3O4/c1-10(2)9-12(16(23)24-17(3,4)5)20-13-11(7-6-8-18-13)19-14(21)15(20)22/h6-8,10,12H,9H2,1-5H3,(H,19,21)/t12-/m0/s1. The average Bonchev–Trinajstić information content (AvgIpc) is 2.45. The second-order valence-electron chi connectivity index (χ2n) is 7.18. The van der Waals surface area contributed by atoms with Crippen LogP contribution in [-0.2, 0) is 9.53 Å². The molecule has 2 rings (SSSR count). The lowest BCUT2D eigenvalue weighted by atomic mass is 10.0. The third-order valence-electron chi connectivity index (χ3n) is 3.36. The fourth-order valence-electron chi connectivity index (χ4n) is 2.48. The Kier molecular flexibility index (Phi) is 4.91. The van der Waals surface area contributed by atoms with Crippen molar-refractivity contribution in [3.63, 3.8) is 0 Å². The Labute approximate surface area is 139 Å². The van der Waals surface area contributed by atoms with Crippen LogP contribution in [0.25, 0.3) is 11.2 Å². The first-order valence-corrected chi connectivity index (χ1v) is 7.92. The van der Waals surface area contributed by atoms with Gasteiger partial charge < -0.3 is 9.72 Å². The molecule has 0 fully saturated rings. The van der Waals surface area contributed by atoms with Crippen LogP contribution in [0.4, 0.5) is 0 Å². The number of esters is 1. The molecule has 1 atom stereocenters. The number of hydrogen-bond donors (Lipinski definition) is 1. The third-order valence-corrected chi connectivity index (χ3v) is 3.36. The molecule has 0 aliphatic carbocycles. The maximum Gasteiger partial charge on any atom is 0.329 e. The normalized spacial score (nSPS) is 13.2. The topological polar surface area (TPSA) is 94.0 Å². The van der Waals surface area contributed by atoms with Gasteiger partial charge in [0.2, 0.25) is 0 Å². The Morgan fingerprint density at radius 3 is 2.58 bits per heavy atom. The number of carbonyl (C=O) groups excluding carboxylic acids is 1. The van der Waals surface area contributed by atoms with Gasteiger partial charge in [-0.3, -0.25) is 14.2 Å². The monoisotopic (exact) mass is 333 g/mol. The first-order valence-electron chi connectivity index (χ1n) is 7.92. The van der Waals surface area contributed by atoms with Crippen LogP contribution in [0.2, 0.25) is 0 Å². The lowest BCUT2D eigenvalue weighted by Gasteiger charge is -2.26. The highest BCUT2D eigenvalue weighted by Gasteiger charge is 2.30. The largest absolute Gasteiger partial charge is 0.458 e. The summed E-state index contributed by atoms with van der Waals surface area (Å²) >= 11 is 0. The molecule has 1 N–H and O–H groups in total. The molecule has 7 nitrogen and oxygen atoms in total. The lowest BCUT2D eigenvalue weighted by molar-refractivity contribution is -0.159. The van der Waals surface area contributed by atoms with Crippen molar-refractivity contribution in [2.75, 3.05) is 0 Å². The first-order chi connectivity index (χ1) is 11.1. The van der Waals surface area contributed by atoms with Gasteiger partial charge in [-0.15, -0.1) is 0 Å². The van der Waals surface area contributed by atoms with E-state index in [0.717, 1.165) is 4.57 Å². The summed E-state index contributed by atoms with van der Waals surface area (Å²) in [5.41, 5.74) is -1.62. The number of carbonyl (C=O) groups is 1. The van der Waals surface area contributed by atoms with Crippen molar-refractivity contribution < 1.29 is 9.53 Å². The van der Waals surface area contributed by atoms with E-state index >= 15 is 0 Å². The maximum atomic E-state index is 12.7. The Morgan fingerprint density at radius 2 is 2.00 bits per heavy atom. The highest BCUT2D eigenvalue weighted by atomic mass is 16.6. The molecule has 2 heterocycles. The van der Waals surface area contributed by atoms with Gasteiger partial charge in [0.25, 0.3) is 0 Å². The number of fused-ring (bicyclic) bond motifs is 1. The van der Waals surface area contributed by atoms with Crippen LogP contribution >= 0.6 is 0 Å². The molecule has 0 unspecified atom stereocenters. The fraction of sp³-hybridized carbons (Fsp3) is 0.529. The summed E-state index contributed by atoms with van der Waals surface area (Å²) in [5.74, 6) is -0.427. The quantitative estimate of drug-likeness (QED) is 0.682. The van der Waals surface area contributed by atoms with Gasteiger partial charge in [0, 0.05) is 6.20 Å². The fourth-order valence-corrected chi connectivity index (χ4v) is 2.48. The van der Waals surface area contributed by atoms with Crippen molar-refractivity contribution in [2.24, 2.45) is 5.92 Å². The zero-order chi connectivity index (χ0) is 18.1. The summed E-state index contributed by atoms with van der Waals surface area (Å²) in [6, 6.07) is 2.38. The summed E-state index contributed by atoms with van der Waals surface area (Å²) < 4.78 is 6.62. The van der Waals surface area contributed by atoms with E-state index in [2.05, 4.69) is 9.97 Å². The van der Waals surface area contributed by atoms with Crippen LogP contribution in [0.1, 0.15) is 47.1 Å². The van der Waals surface area contributed by atoms with E-state index in [9.17, 15) is 14.4 Å². The Morgan fingerprint density at radius 1 is 1.33 bits per heavy atom. The SMILES string of the molecule is CC(C)C[C@@H](C(=O)OC(C)(C)C)n1c(=O)c(=O)[nH]c2cccnc21. The zero-order valence-corrected chi connectivity index (χ0v) is 14.6. The zero-order valence-electron chi connectivity index (χ0n) is 14.6. The van der Waals surface area contributed by atoms with Crippen molar-refractivity contribution in [3.05, 3.63) is 39.0 Å². The van der Waals surface area contributed by atoms with E-state index in [-0.39, 0.29) is 11.6 Å². The number of pyridine rings is 1. The minimum absolute atomic E-state index is 0.118. The molecule has 0 spiro atoms. The van der Waals surface area contributed by atoms with Gasteiger partial charge in [0.05, 0.1) is 5.52 Å². The van der Waals surface area contributed by atoms with Crippen molar-refractivity contribution >= 4 is 17.1 Å². The van der Waals surface area contributed by atoms with Crippen molar-refractivity contribution in [3.8, 4) is 0 Å². The van der Waals surface area contributed by atoms with E-state index in [4.69, 9.17) is 4.74 Å². The summed E-state index contributed by atoms with van der Waals surface area (Å²) in [4.78, 5) is 43.8. The first kappa shape index (κ1) is 17.9. The van der Waals surface area contributed by atoms with Crippen molar-refractivity contribution in [1.82, 2.24) is 14.5 Å². The number of rotatable bonds is 4.